The van der Waals surface area contributed by atoms with Crippen LogP contribution in [0.3, 0.4) is 0 Å². The van der Waals surface area contributed by atoms with Crippen LogP contribution in [-0.4, -0.2) is 31.0 Å². The Balaban J connectivity index is 1.52. The second-order valence-corrected chi connectivity index (χ2v) is 8.26. The molecule has 1 atom stereocenters. The van der Waals surface area contributed by atoms with Crippen LogP contribution in [0.1, 0.15) is 42.4 Å². The summed E-state index contributed by atoms with van der Waals surface area (Å²) >= 11 is 0. The molecule has 0 spiro atoms. The van der Waals surface area contributed by atoms with E-state index in [1.807, 2.05) is 0 Å². The lowest BCUT2D eigenvalue weighted by Gasteiger charge is -2.29. The Hall–Kier alpha value is -3.10. The molecule has 2 N–H and O–H groups in total. The Kier molecular flexibility index (Phi) is 7.61. The van der Waals surface area contributed by atoms with E-state index < -0.39 is 23.1 Å². The van der Waals surface area contributed by atoms with E-state index in [4.69, 9.17) is 4.74 Å². The van der Waals surface area contributed by atoms with Crippen LogP contribution in [0, 0.1) is 5.82 Å². The number of amides is 2. The summed E-state index contributed by atoms with van der Waals surface area (Å²) in [7, 11) is 1.45. The van der Waals surface area contributed by atoms with Crippen molar-refractivity contribution in [1.82, 2.24) is 10.6 Å². The van der Waals surface area contributed by atoms with E-state index in [1.54, 1.807) is 12.1 Å². The van der Waals surface area contributed by atoms with Gasteiger partial charge in [0.25, 0.3) is 0 Å². The highest BCUT2D eigenvalue weighted by molar-refractivity contribution is 5.80. The minimum absolute atomic E-state index is 0.130. The molecule has 2 aromatic carbocycles. The number of benzene rings is 2. The van der Waals surface area contributed by atoms with Gasteiger partial charge in [-0.3, -0.25) is 9.59 Å². The van der Waals surface area contributed by atoms with Gasteiger partial charge in [0.15, 0.2) is 0 Å². The van der Waals surface area contributed by atoms with Gasteiger partial charge < -0.3 is 15.4 Å². The molecule has 0 bridgehead atoms. The lowest BCUT2D eigenvalue weighted by molar-refractivity contribution is -0.137. The quantitative estimate of drug-likeness (QED) is 0.545. The Bertz CT molecular complexity index is 992. The average molecular weight is 466 g/mol. The molecule has 0 radical (unpaired) electrons. The zero-order valence-corrected chi connectivity index (χ0v) is 18.2. The van der Waals surface area contributed by atoms with Crippen molar-refractivity contribution in [1.29, 1.82) is 0 Å². The Labute approximate surface area is 189 Å². The van der Waals surface area contributed by atoms with Crippen LogP contribution < -0.4 is 15.4 Å². The maximum atomic E-state index is 14.4. The normalized spacial score (nSPS) is 18.2. The summed E-state index contributed by atoms with van der Waals surface area (Å²) in [6, 6.07) is 9.36. The highest BCUT2D eigenvalue weighted by Crippen LogP contribution is 2.31. The molecule has 1 aliphatic rings. The number of methoxy groups -OCH3 is 1. The lowest BCUT2D eigenvalue weighted by atomic mass is 9.84. The molecular formula is C24H26F4N2O3. The van der Waals surface area contributed by atoms with Crippen LogP contribution in [0.25, 0.3) is 0 Å². The first-order valence-electron chi connectivity index (χ1n) is 10.7. The monoisotopic (exact) mass is 466 g/mol. The highest BCUT2D eigenvalue weighted by Gasteiger charge is 2.38. The molecule has 3 rings (SSSR count). The fourth-order valence-corrected chi connectivity index (χ4v) is 3.99. The van der Waals surface area contributed by atoms with Crippen LogP contribution in [-0.2, 0) is 28.6 Å². The van der Waals surface area contributed by atoms with Gasteiger partial charge in [-0.05, 0) is 55.0 Å². The van der Waals surface area contributed by atoms with Gasteiger partial charge in [-0.25, -0.2) is 4.39 Å². The number of carbonyl (C=O) groups excluding carboxylic acids is 2. The van der Waals surface area contributed by atoms with Crippen molar-refractivity contribution in [2.75, 3.05) is 13.7 Å². The standard InChI is InChI=1S/C24H26F4N2O3/c1-33-19-7-4-17(20(25)14-19)15-23(12-9-22(32)30-23)11-8-21(31)29-13-10-16-2-5-18(6-3-16)24(26,27)28/h2-7,14H,8-13,15H2,1H3,(H,29,31)(H,30,32)/t23-/m0/s1. The number of hydrogen-bond donors (Lipinski definition) is 2. The first-order chi connectivity index (χ1) is 15.6. The summed E-state index contributed by atoms with van der Waals surface area (Å²) in [6.45, 7) is 0.274. The van der Waals surface area contributed by atoms with Gasteiger partial charge in [-0.15, -0.1) is 0 Å². The molecule has 1 aliphatic heterocycles. The third-order valence-electron chi connectivity index (χ3n) is 5.87. The van der Waals surface area contributed by atoms with Crippen molar-refractivity contribution in [2.45, 2.75) is 50.2 Å². The van der Waals surface area contributed by atoms with E-state index in [2.05, 4.69) is 10.6 Å². The van der Waals surface area contributed by atoms with Crippen molar-refractivity contribution < 1.29 is 31.9 Å². The number of carbonyl (C=O) groups is 2. The van der Waals surface area contributed by atoms with Gasteiger partial charge in [0, 0.05) is 31.0 Å². The largest absolute Gasteiger partial charge is 0.497 e. The maximum Gasteiger partial charge on any atom is 0.416 e. The van der Waals surface area contributed by atoms with Crippen LogP contribution in [0.15, 0.2) is 42.5 Å². The van der Waals surface area contributed by atoms with E-state index >= 15 is 0 Å². The summed E-state index contributed by atoms with van der Waals surface area (Å²) in [5.74, 6) is -0.409. The molecule has 0 aliphatic carbocycles. The first kappa shape index (κ1) is 24.5. The molecule has 1 saturated heterocycles. The summed E-state index contributed by atoms with van der Waals surface area (Å²) in [5.41, 5.74) is -0.317. The van der Waals surface area contributed by atoms with E-state index in [1.165, 1.54) is 25.3 Å². The predicted molar refractivity (Wildman–Crippen MR) is 114 cm³/mol. The predicted octanol–water partition coefficient (Wildman–Crippen LogP) is 4.18. The summed E-state index contributed by atoms with van der Waals surface area (Å²) in [5, 5.41) is 5.67. The van der Waals surface area contributed by atoms with Gasteiger partial charge in [0.1, 0.15) is 11.6 Å². The first-order valence-corrected chi connectivity index (χ1v) is 10.7. The van der Waals surface area contributed by atoms with E-state index in [0.717, 1.165) is 12.1 Å². The second-order valence-electron chi connectivity index (χ2n) is 8.26. The van der Waals surface area contributed by atoms with Gasteiger partial charge >= 0.3 is 6.18 Å². The number of ether oxygens (including phenoxy) is 1. The molecule has 0 saturated carbocycles. The molecule has 0 aromatic heterocycles. The average Bonchev–Trinajstić information content (AvgIpc) is 3.14. The van der Waals surface area contributed by atoms with Crippen molar-refractivity contribution in [3.63, 3.8) is 0 Å². The third kappa shape index (κ3) is 6.69. The van der Waals surface area contributed by atoms with E-state index in [9.17, 15) is 27.2 Å². The molecule has 1 fully saturated rings. The maximum absolute atomic E-state index is 14.4. The van der Waals surface area contributed by atoms with E-state index in [0.29, 0.717) is 42.6 Å². The molecule has 2 amide bonds. The fourth-order valence-electron chi connectivity index (χ4n) is 3.99. The van der Waals surface area contributed by atoms with Gasteiger partial charge in [-0.1, -0.05) is 18.2 Å². The Morgan fingerprint density at radius 2 is 1.91 bits per heavy atom. The van der Waals surface area contributed by atoms with Crippen molar-refractivity contribution in [3.05, 3.63) is 65.0 Å². The zero-order chi connectivity index (χ0) is 24.1. The number of rotatable bonds is 9. The summed E-state index contributed by atoms with van der Waals surface area (Å²) in [6.07, 6.45) is -2.45. The number of hydrogen-bond acceptors (Lipinski definition) is 3. The SMILES string of the molecule is COc1ccc(C[C@]2(CCC(=O)NCCc3ccc(C(F)(F)F)cc3)CCC(=O)N2)c(F)c1. The number of halogens is 4. The number of alkyl halides is 3. The number of nitrogens with one attached hydrogen (secondary N) is 2. The molecular weight excluding hydrogens is 440 g/mol. The summed E-state index contributed by atoms with van der Waals surface area (Å²) < 4.78 is 57.3. The minimum Gasteiger partial charge on any atom is -0.497 e. The smallest absolute Gasteiger partial charge is 0.416 e. The fraction of sp³-hybridized carbons (Fsp3) is 0.417. The third-order valence-corrected chi connectivity index (χ3v) is 5.87. The summed E-state index contributed by atoms with van der Waals surface area (Å²) in [4.78, 5) is 24.2. The molecule has 178 valence electrons. The molecule has 9 heteroatoms. The van der Waals surface area contributed by atoms with Crippen LogP contribution in [0.2, 0.25) is 0 Å². The molecule has 33 heavy (non-hydrogen) atoms. The highest BCUT2D eigenvalue weighted by atomic mass is 19.4. The van der Waals surface area contributed by atoms with Gasteiger partial charge in [0.05, 0.1) is 12.7 Å². The van der Waals surface area contributed by atoms with E-state index in [-0.39, 0.29) is 31.2 Å². The Morgan fingerprint density at radius 1 is 1.18 bits per heavy atom. The molecule has 1 heterocycles. The topological polar surface area (TPSA) is 67.4 Å². The van der Waals surface area contributed by atoms with Crippen LogP contribution >= 0.6 is 0 Å². The lowest BCUT2D eigenvalue weighted by Crippen LogP contribution is -2.44. The molecule has 5 nitrogen and oxygen atoms in total. The molecule has 2 aromatic rings. The van der Waals surface area contributed by atoms with Crippen molar-refractivity contribution in [3.8, 4) is 5.75 Å². The Morgan fingerprint density at radius 3 is 2.48 bits per heavy atom. The van der Waals surface area contributed by atoms with Gasteiger partial charge in [-0.2, -0.15) is 13.2 Å². The molecule has 0 unspecified atom stereocenters. The van der Waals surface area contributed by atoms with Crippen molar-refractivity contribution in [2.24, 2.45) is 0 Å². The van der Waals surface area contributed by atoms with Crippen LogP contribution in [0.5, 0.6) is 5.75 Å². The zero-order valence-electron chi connectivity index (χ0n) is 18.2. The minimum atomic E-state index is -4.38. The van der Waals surface area contributed by atoms with Crippen molar-refractivity contribution >= 4 is 11.8 Å². The van der Waals surface area contributed by atoms with Crippen LogP contribution in [0.4, 0.5) is 17.6 Å². The second kappa shape index (κ2) is 10.2. The van der Waals surface area contributed by atoms with Gasteiger partial charge in [0.2, 0.25) is 11.8 Å².